The summed E-state index contributed by atoms with van der Waals surface area (Å²) in [4.78, 5) is 14.0. The molecule has 0 fully saturated rings. The first kappa shape index (κ1) is 16.6. The van der Waals surface area contributed by atoms with Crippen LogP contribution in [0.1, 0.15) is 26.3 Å². The van der Waals surface area contributed by atoms with Crippen LogP contribution in [0.2, 0.25) is 0 Å². The van der Waals surface area contributed by atoms with E-state index in [2.05, 4.69) is 5.32 Å². The van der Waals surface area contributed by atoms with Crippen LogP contribution in [0, 0.1) is 0 Å². The van der Waals surface area contributed by atoms with Crippen LogP contribution < -0.4 is 11.1 Å². The molecule has 0 saturated heterocycles. The molecule has 0 aliphatic heterocycles. The van der Waals surface area contributed by atoms with Crippen molar-refractivity contribution in [3.8, 4) is 0 Å². The molecule has 0 saturated carbocycles. The molecule has 0 bridgehead atoms. The van der Waals surface area contributed by atoms with Gasteiger partial charge in [-0.15, -0.1) is 0 Å². The van der Waals surface area contributed by atoms with Crippen molar-refractivity contribution < 1.29 is 9.90 Å². The van der Waals surface area contributed by atoms with E-state index in [1.165, 1.54) is 0 Å². The summed E-state index contributed by atoms with van der Waals surface area (Å²) in [6.45, 7) is 7.23. The van der Waals surface area contributed by atoms with Gasteiger partial charge in [0.25, 0.3) is 0 Å². The molecule has 0 radical (unpaired) electrons. The van der Waals surface area contributed by atoms with Gasteiger partial charge in [-0.05, 0) is 32.0 Å². The Morgan fingerprint density at radius 1 is 1.40 bits per heavy atom. The van der Waals surface area contributed by atoms with Crippen LogP contribution in [-0.2, 0) is 11.3 Å². The van der Waals surface area contributed by atoms with Gasteiger partial charge in [0.15, 0.2) is 0 Å². The van der Waals surface area contributed by atoms with E-state index < -0.39 is 5.60 Å². The second kappa shape index (κ2) is 7.38. The van der Waals surface area contributed by atoms with Gasteiger partial charge in [0.05, 0.1) is 12.1 Å². The third kappa shape index (κ3) is 5.69. The minimum absolute atomic E-state index is 0.100. The molecule has 0 heterocycles. The number of carbonyl (C=O) groups excluding carboxylic acids is 1. The van der Waals surface area contributed by atoms with Gasteiger partial charge >= 0.3 is 0 Å². The van der Waals surface area contributed by atoms with Gasteiger partial charge in [-0.3, -0.25) is 9.69 Å². The summed E-state index contributed by atoms with van der Waals surface area (Å²) >= 11 is 0. The number of nitrogens with zero attached hydrogens (tertiary/aromatic N) is 1. The van der Waals surface area contributed by atoms with Gasteiger partial charge in [-0.2, -0.15) is 0 Å². The highest BCUT2D eigenvalue weighted by atomic mass is 16.3. The largest absolute Gasteiger partial charge is 0.389 e. The van der Waals surface area contributed by atoms with Gasteiger partial charge in [0.2, 0.25) is 5.91 Å². The number of aliphatic hydroxyl groups is 1. The summed E-state index contributed by atoms with van der Waals surface area (Å²) in [5.41, 5.74) is 6.49. The van der Waals surface area contributed by atoms with Crippen molar-refractivity contribution in [1.82, 2.24) is 4.90 Å². The van der Waals surface area contributed by atoms with E-state index >= 15 is 0 Å². The second-order valence-corrected chi connectivity index (χ2v) is 5.53. The zero-order chi connectivity index (χ0) is 15.2. The Kier molecular flexibility index (Phi) is 6.13. The van der Waals surface area contributed by atoms with E-state index in [0.29, 0.717) is 19.6 Å². The van der Waals surface area contributed by atoms with Crippen molar-refractivity contribution in [2.75, 3.05) is 25.0 Å². The van der Waals surface area contributed by atoms with Gasteiger partial charge < -0.3 is 16.2 Å². The van der Waals surface area contributed by atoms with E-state index in [9.17, 15) is 9.90 Å². The van der Waals surface area contributed by atoms with Gasteiger partial charge in [-0.25, -0.2) is 0 Å². The van der Waals surface area contributed by atoms with E-state index in [-0.39, 0.29) is 12.5 Å². The number of para-hydroxylation sites is 1. The van der Waals surface area contributed by atoms with Gasteiger partial charge in [0.1, 0.15) is 0 Å². The average Bonchev–Trinajstić information content (AvgIpc) is 2.36. The lowest BCUT2D eigenvalue weighted by molar-refractivity contribution is -0.117. The molecule has 0 atom stereocenters. The number of benzene rings is 1. The summed E-state index contributed by atoms with van der Waals surface area (Å²) in [6.07, 6.45) is 0. The summed E-state index contributed by atoms with van der Waals surface area (Å²) < 4.78 is 0. The van der Waals surface area contributed by atoms with Crippen molar-refractivity contribution in [2.24, 2.45) is 5.73 Å². The Labute approximate surface area is 120 Å². The molecule has 0 aromatic heterocycles. The van der Waals surface area contributed by atoms with Crippen LogP contribution >= 0.6 is 0 Å². The lowest BCUT2D eigenvalue weighted by atomic mass is 10.1. The monoisotopic (exact) mass is 279 g/mol. The Hall–Kier alpha value is -1.43. The molecule has 1 aromatic carbocycles. The van der Waals surface area contributed by atoms with Gasteiger partial charge in [-0.1, -0.05) is 25.1 Å². The number of amides is 1. The summed E-state index contributed by atoms with van der Waals surface area (Å²) in [6, 6.07) is 7.49. The number of likely N-dealkylation sites (N-methyl/N-ethyl adjacent to an activating group) is 1. The van der Waals surface area contributed by atoms with Crippen LogP contribution in [0.3, 0.4) is 0 Å². The number of anilines is 1. The highest BCUT2D eigenvalue weighted by Gasteiger charge is 2.19. The molecule has 4 N–H and O–H groups in total. The number of carbonyl (C=O) groups is 1. The lowest BCUT2D eigenvalue weighted by Gasteiger charge is -2.27. The van der Waals surface area contributed by atoms with Crippen LogP contribution in [0.25, 0.3) is 0 Å². The highest BCUT2D eigenvalue weighted by Crippen LogP contribution is 2.14. The molecular formula is C15H25N3O2. The molecule has 0 aliphatic rings. The van der Waals surface area contributed by atoms with E-state index in [4.69, 9.17) is 5.73 Å². The maximum Gasteiger partial charge on any atom is 0.238 e. The van der Waals surface area contributed by atoms with E-state index in [0.717, 1.165) is 11.3 Å². The van der Waals surface area contributed by atoms with Crippen LogP contribution in [0.4, 0.5) is 5.69 Å². The first-order chi connectivity index (χ1) is 9.35. The normalized spacial score (nSPS) is 11.7. The van der Waals surface area contributed by atoms with Crippen molar-refractivity contribution in [1.29, 1.82) is 0 Å². The molecule has 1 rings (SSSR count). The summed E-state index contributed by atoms with van der Waals surface area (Å²) in [7, 11) is 0. The van der Waals surface area contributed by atoms with Gasteiger partial charge in [0, 0.05) is 18.8 Å². The SMILES string of the molecule is CCN(CC(=O)Nc1ccccc1CN)CC(C)(C)O. The van der Waals surface area contributed by atoms with Crippen LogP contribution in [0.15, 0.2) is 24.3 Å². The Morgan fingerprint density at radius 3 is 2.60 bits per heavy atom. The third-order valence-corrected chi connectivity index (χ3v) is 2.94. The molecule has 0 aliphatic carbocycles. The highest BCUT2D eigenvalue weighted by molar-refractivity contribution is 5.93. The summed E-state index contributed by atoms with van der Waals surface area (Å²) in [5, 5.41) is 12.7. The third-order valence-electron chi connectivity index (χ3n) is 2.94. The van der Waals surface area contributed by atoms with E-state index in [1.807, 2.05) is 36.1 Å². The predicted molar refractivity (Wildman–Crippen MR) is 81.4 cm³/mol. The fourth-order valence-electron chi connectivity index (χ4n) is 2.04. The van der Waals surface area contributed by atoms with Crippen LogP contribution in [-0.4, -0.2) is 41.1 Å². The topological polar surface area (TPSA) is 78.6 Å². The zero-order valence-electron chi connectivity index (χ0n) is 12.5. The van der Waals surface area contributed by atoms with Crippen molar-refractivity contribution in [3.63, 3.8) is 0 Å². The lowest BCUT2D eigenvalue weighted by Crippen LogP contribution is -2.42. The molecule has 5 nitrogen and oxygen atoms in total. The molecule has 20 heavy (non-hydrogen) atoms. The fraction of sp³-hybridized carbons (Fsp3) is 0.533. The number of hydrogen-bond donors (Lipinski definition) is 3. The maximum absolute atomic E-state index is 12.1. The molecule has 1 aromatic rings. The molecular weight excluding hydrogens is 254 g/mol. The van der Waals surface area contributed by atoms with Crippen molar-refractivity contribution >= 4 is 11.6 Å². The Bertz CT molecular complexity index is 441. The number of rotatable bonds is 7. The Balaban J connectivity index is 2.62. The average molecular weight is 279 g/mol. The molecule has 0 unspecified atom stereocenters. The minimum Gasteiger partial charge on any atom is -0.389 e. The second-order valence-electron chi connectivity index (χ2n) is 5.53. The quantitative estimate of drug-likeness (QED) is 0.700. The molecule has 112 valence electrons. The smallest absolute Gasteiger partial charge is 0.238 e. The molecule has 1 amide bonds. The Morgan fingerprint density at radius 2 is 2.05 bits per heavy atom. The number of nitrogens with one attached hydrogen (secondary N) is 1. The zero-order valence-corrected chi connectivity index (χ0v) is 12.5. The fourth-order valence-corrected chi connectivity index (χ4v) is 2.04. The number of hydrogen-bond acceptors (Lipinski definition) is 4. The number of nitrogens with two attached hydrogens (primary N) is 1. The first-order valence-electron chi connectivity index (χ1n) is 6.88. The van der Waals surface area contributed by atoms with Crippen molar-refractivity contribution in [2.45, 2.75) is 32.9 Å². The first-order valence-corrected chi connectivity index (χ1v) is 6.88. The van der Waals surface area contributed by atoms with Crippen LogP contribution in [0.5, 0.6) is 0 Å². The molecule has 5 heteroatoms. The minimum atomic E-state index is -0.814. The molecule has 0 spiro atoms. The van der Waals surface area contributed by atoms with E-state index in [1.54, 1.807) is 13.8 Å². The summed E-state index contributed by atoms with van der Waals surface area (Å²) in [5.74, 6) is -0.100. The standard InChI is InChI=1S/C15H25N3O2/c1-4-18(11-15(2,3)20)10-14(19)17-13-8-6-5-7-12(13)9-16/h5-8,20H,4,9-11,16H2,1-3H3,(H,17,19). The van der Waals surface area contributed by atoms with Crippen molar-refractivity contribution in [3.05, 3.63) is 29.8 Å². The predicted octanol–water partition coefficient (Wildman–Crippen LogP) is 1.18. The maximum atomic E-state index is 12.1.